The molecule has 3 aromatic carbocycles. The predicted octanol–water partition coefficient (Wildman–Crippen LogP) is 9.64. The van der Waals surface area contributed by atoms with Gasteiger partial charge < -0.3 is 62.5 Å². The number of hydrogen-bond donors (Lipinski definition) is 7. The summed E-state index contributed by atoms with van der Waals surface area (Å²) in [5.74, 6) is 18.5. The molecule has 10 heterocycles. The summed E-state index contributed by atoms with van der Waals surface area (Å²) in [5, 5.41) is 11.1. The molecule has 1 fully saturated rings. The average molecular weight is 1460 g/mol. The van der Waals surface area contributed by atoms with Gasteiger partial charge in [0.25, 0.3) is 35.4 Å². The van der Waals surface area contributed by atoms with Crippen molar-refractivity contribution >= 4 is 86.9 Å². The quantitative estimate of drug-likeness (QED) is 0.0417. The number of amides is 6. The molecule has 3 atom stereocenters. The number of fused-ring (bicyclic) bond motifs is 3. The van der Waals surface area contributed by atoms with E-state index in [4.69, 9.17) is 46.4 Å². The van der Waals surface area contributed by atoms with Crippen molar-refractivity contribution in [3.05, 3.63) is 199 Å². The van der Waals surface area contributed by atoms with Crippen molar-refractivity contribution in [3.8, 4) is 86.5 Å². The molecule has 30 heteroatoms. The Morgan fingerprint density at radius 3 is 1.44 bits per heavy atom. The summed E-state index contributed by atoms with van der Waals surface area (Å²) in [5.41, 5.74) is 26.2. The lowest BCUT2D eigenvalue weighted by Gasteiger charge is -2.21. The minimum Gasteiger partial charge on any atom is -0.496 e. The third kappa shape index (κ3) is 16.5. The fraction of sp³-hybridized carbons (Fsp3) is 0.203. The molecule has 109 heavy (non-hydrogen) atoms. The number of carbonyl (C=O) groups is 6. The molecule has 0 spiro atoms. The van der Waals surface area contributed by atoms with Crippen LogP contribution in [-0.4, -0.2) is 138 Å². The van der Waals surface area contributed by atoms with Crippen LogP contribution in [0.5, 0.6) is 17.2 Å². The van der Waals surface area contributed by atoms with Crippen LogP contribution in [0.1, 0.15) is 120 Å². The van der Waals surface area contributed by atoms with E-state index in [0.29, 0.717) is 132 Å². The van der Waals surface area contributed by atoms with Crippen LogP contribution in [-0.2, 0) is 14.4 Å². The smallest absolute Gasteiger partial charge is 0.299 e. The normalized spacial score (nSPS) is 12.5. The first-order valence-corrected chi connectivity index (χ1v) is 34.0. The number of benzene rings is 3. The van der Waals surface area contributed by atoms with Gasteiger partial charge in [-0.05, 0) is 151 Å². The molecule has 0 radical (unpaired) electrons. The van der Waals surface area contributed by atoms with Crippen molar-refractivity contribution in [2.75, 3.05) is 68.1 Å². The van der Waals surface area contributed by atoms with Crippen LogP contribution in [0.4, 0.5) is 34.9 Å². The number of pyridine rings is 3. The highest BCUT2D eigenvalue weighted by molar-refractivity contribution is 6.08. The van der Waals surface area contributed by atoms with Crippen molar-refractivity contribution in [3.63, 3.8) is 0 Å². The Morgan fingerprint density at radius 1 is 0.523 bits per heavy atom. The third-order valence-corrected chi connectivity index (χ3v) is 17.5. The molecule has 0 bridgehead atoms. The molecule has 550 valence electrons. The number of nitrogens with two attached hydrogens (primary N) is 3. The summed E-state index contributed by atoms with van der Waals surface area (Å²) in [6.45, 7) is 11.0. The zero-order valence-corrected chi connectivity index (χ0v) is 61.0. The largest absolute Gasteiger partial charge is 0.496 e. The first-order valence-electron chi connectivity index (χ1n) is 34.0. The van der Waals surface area contributed by atoms with Crippen molar-refractivity contribution in [2.24, 2.45) is 0 Å². The van der Waals surface area contributed by atoms with Crippen LogP contribution in [0.2, 0.25) is 0 Å². The van der Waals surface area contributed by atoms with Crippen molar-refractivity contribution in [2.45, 2.75) is 72.5 Å². The number of likely N-dealkylation sites (tertiary alicyclic amines) is 1. The van der Waals surface area contributed by atoms with E-state index < -0.39 is 18.0 Å². The number of imidazole rings is 3. The topological polar surface area (TPSA) is 392 Å². The van der Waals surface area contributed by atoms with Gasteiger partial charge in [-0.1, -0.05) is 48.1 Å². The van der Waals surface area contributed by atoms with Gasteiger partial charge in [-0.15, -0.1) is 0 Å². The molecule has 13 rings (SSSR count). The van der Waals surface area contributed by atoms with Gasteiger partial charge in [0.2, 0.25) is 0 Å². The number of anilines is 6. The summed E-state index contributed by atoms with van der Waals surface area (Å²) in [6, 6.07) is 28.4. The minimum atomic E-state index is -0.461. The summed E-state index contributed by atoms with van der Waals surface area (Å²) < 4.78 is 22.1. The number of carbonyl (C=O) groups excluding carboxylic acids is 6. The molecule has 0 unspecified atom stereocenters. The van der Waals surface area contributed by atoms with Crippen LogP contribution in [0.3, 0.4) is 0 Å². The molecule has 0 saturated carbocycles. The predicted molar refractivity (Wildman–Crippen MR) is 411 cm³/mol. The highest BCUT2D eigenvalue weighted by atomic mass is 16.5. The molecule has 0 aliphatic carbocycles. The molecule has 10 N–H and O–H groups in total. The van der Waals surface area contributed by atoms with Crippen LogP contribution in [0.25, 0.3) is 50.3 Å². The molecular formula is C79H75N21O9. The summed E-state index contributed by atoms with van der Waals surface area (Å²) in [4.78, 5) is 119. The van der Waals surface area contributed by atoms with Gasteiger partial charge in [0, 0.05) is 86.1 Å². The van der Waals surface area contributed by atoms with Gasteiger partial charge in [-0.25, -0.2) is 44.9 Å². The Labute approximate surface area is 625 Å². The Morgan fingerprint density at radius 2 is 0.972 bits per heavy atom. The Bertz CT molecular complexity index is 5690. The third-order valence-electron chi connectivity index (χ3n) is 17.5. The van der Waals surface area contributed by atoms with E-state index in [0.717, 1.165) is 18.4 Å². The molecule has 1 saturated heterocycles. The number of nitrogen functional groups attached to an aromatic ring is 3. The maximum Gasteiger partial charge on any atom is 0.299 e. The van der Waals surface area contributed by atoms with E-state index in [1.165, 1.54) is 26.2 Å². The summed E-state index contributed by atoms with van der Waals surface area (Å²) >= 11 is 0. The number of nitrogens with zero attached hydrogens (tertiary/aromatic N) is 14. The molecule has 6 amide bonds. The minimum absolute atomic E-state index is 0.226. The maximum atomic E-state index is 13.0. The number of ether oxygens (including phenoxy) is 3. The second kappa shape index (κ2) is 33.8. The number of hydrogen-bond acceptors (Lipinski definition) is 21. The van der Waals surface area contributed by atoms with E-state index in [1.807, 2.05) is 24.3 Å². The van der Waals surface area contributed by atoms with Gasteiger partial charge in [0.15, 0.2) is 0 Å². The Kier molecular flexibility index (Phi) is 23.4. The van der Waals surface area contributed by atoms with E-state index >= 15 is 0 Å². The molecule has 1 aliphatic heterocycles. The summed E-state index contributed by atoms with van der Waals surface area (Å²) in [7, 11) is 6.14. The number of aryl methyl sites for hydroxylation is 1. The van der Waals surface area contributed by atoms with E-state index in [2.05, 4.69) is 86.7 Å². The number of rotatable bonds is 17. The zero-order chi connectivity index (χ0) is 77.6. The zero-order valence-electron chi connectivity index (χ0n) is 61.0. The SMILES string of the molecule is CC#CC(=O)N(C)[C@@H](C)c1nc(-c2ccc(C(=O)Nc3ccccn3)c(OC)c2)c2c(N)nccn12.CC#CC(=O)N1CCC[C@H]1c1nc(-c2ccc(C(=O)Nc3cc(C)ccn3)c(OC)c2)c2c(N)nccn12.CC#CC(=O)N[C@@H](C)c1nc(-c2ccc(C(=O)Nc3ccccn3)c(OC)c2)c2c(N)nccn12. The highest BCUT2D eigenvalue weighted by Crippen LogP contribution is 2.40. The first kappa shape index (κ1) is 75.4. The van der Waals surface area contributed by atoms with E-state index in [-0.39, 0.29) is 47.2 Å². The standard InChI is InChI=1S/C28H27N7O3.C26H25N7O3.C25H23N7O3/c1-4-6-23(36)34-13-5-7-20(34)27-33-24(25-26(29)31-12-14-35(25)27)18-8-9-19(21(16-18)38-3)28(37)32-22-15-17(2)10-11-30-22;1-5-8-21(34)32(3)16(2)25-31-22(23-24(27)29-13-14-33(23)25)17-10-11-18(19(15-17)36-4)26(35)30-20-9-6-7-12-28-20;1-4-7-20(33)29-15(2)24-31-21(22-23(26)28-12-13-32(22)24)16-9-10-17(18(14-16)35-3)25(34)30-19-8-5-6-11-27-19/h8-12,14-16,20H,5,7,13H2,1-3H3,(H2,29,31)(H,30,32,37);6-7,9-16H,1-4H3,(H2,27,29)(H,28,30,35);5-6,8-15H,1-3H3,(H2,26,28)(H,29,33)(H,27,30,34)/t20-;16-;15-/m000/s1. The maximum absolute atomic E-state index is 13.0. The van der Waals surface area contributed by atoms with Gasteiger partial charge in [0.05, 0.1) is 56.1 Å². The highest BCUT2D eigenvalue weighted by Gasteiger charge is 2.35. The lowest BCUT2D eigenvalue weighted by molar-refractivity contribution is -0.126. The monoisotopic (exact) mass is 1460 g/mol. The molecule has 30 nitrogen and oxygen atoms in total. The van der Waals surface area contributed by atoms with Crippen LogP contribution < -0.4 is 52.7 Å². The Balaban J connectivity index is 0.000000163. The molecular weight excluding hydrogens is 1390 g/mol. The van der Waals surface area contributed by atoms with Crippen molar-refractivity contribution < 1.29 is 43.0 Å². The van der Waals surface area contributed by atoms with Gasteiger partial charge in [0.1, 0.15) is 103 Å². The Hall–Kier alpha value is -14.7. The number of nitrogens with one attached hydrogen (secondary N) is 4. The summed E-state index contributed by atoms with van der Waals surface area (Å²) in [6.07, 6.45) is 16.4. The average Bonchev–Trinajstić information content (AvgIpc) is 1.61. The van der Waals surface area contributed by atoms with Crippen LogP contribution >= 0.6 is 0 Å². The van der Waals surface area contributed by atoms with Gasteiger partial charge >= 0.3 is 0 Å². The van der Waals surface area contributed by atoms with Crippen molar-refractivity contribution in [1.29, 1.82) is 0 Å². The van der Waals surface area contributed by atoms with Crippen LogP contribution in [0.15, 0.2) is 159 Å². The first-order chi connectivity index (χ1) is 52.7. The van der Waals surface area contributed by atoms with E-state index in [9.17, 15) is 28.8 Å². The second-order valence-corrected chi connectivity index (χ2v) is 24.4. The van der Waals surface area contributed by atoms with Gasteiger partial charge in [-0.3, -0.25) is 42.0 Å². The van der Waals surface area contributed by atoms with Crippen molar-refractivity contribution in [1.82, 2.24) is 73.2 Å². The van der Waals surface area contributed by atoms with Gasteiger partial charge in [-0.2, -0.15) is 0 Å². The number of methoxy groups -OCH3 is 3. The molecule has 12 aromatic rings. The lowest BCUT2D eigenvalue weighted by atomic mass is 10.1. The molecule has 1 aliphatic rings. The fourth-order valence-corrected chi connectivity index (χ4v) is 12.2. The fourth-order valence-electron chi connectivity index (χ4n) is 12.2. The van der Waals surface area contributed by atoms with E-state index in [1.54, 1.807) is 201 Å². The molecule has 9 aromatic heterocycles. The lowest BCUT2D eigenvalue weighted by Crippen LogP contribution is -2.30. The second-order valence-electron chi connectivity index (χ2n) is 24.4. The van der Waals surface area contributed by atoms with Crippen LogP contribution in [0, 0.1) is 42.4 Å². The number of aromatic nitrogens is 12.